The van der Waals surface area contributed by atoms with Crippen LogP contribution < -0.4 is 5.32 Å². The number of hydrogen-bond acceptors (Lipinski definition) is 4. The topological polar surface area (TPSA) is 75.2 Å². The van der Waals surface area contributed by atoms with Gasteiger partial charge in [-0.25, -0.2) is 4.98 Å². The Morgan fingerprint density at radius 1 is 1.15 bits per heavy atom. The molecule has 0 spiro atoms. The van der Waals surface area contributed by atoms with E-state index >= 15 is 0 Å². The second kappa shape index (κ2) is 8.56. The van der Waals surface area contributed by atoms with Crippen LogP contribution in [0.3, 0.4) is 0 Å². The fraction of sp³-hybridized carbons (Fsp3) is 0.400. The first-order valence-corrected chi connectivity index (χ1v) is 9.15. The predicted molar refractivity (Wildman–Crippen MR) is 98.6 cm³/mol. The van der Waals surface area contributed by atoms with Crippen molar-refractivity contribution in [1.29, 1.82) is 0 Å². The van der Waals surface area contributed by atoms with Gasteiger partial charge in [0.15, 0.2) is 0 Å². The van der Waals surface area contributed by atoms with Gasteiger partial charge >= 0.3 is 0 Å². The van der Waals surface area contributed by atoms with Crippen molar-refractivity contribution in [3.8, 4) is 0 Å². The molecule has 0 aliphatic carbocycles. The van der Waals surface area contributed by atoms with Crippen LogP contribution in [0.4, 0.5) is 0 Å². The van der Waals surface area contributed by atoms with Crippen molar-refractivity contribution in [3.63, 3.8) is 0 Å². The van der Waals surface area contributed by atoms with Crippen molar-refractivity contribution < 1.29 is 9.59 Å². The van der Waals surface area contributed by atoms with Gasteiger partial charge in [-0.1, -0.05) is 19.1 Å². The van der Waals surface area contributed by atoms with Gasteiger partial charge in [-0.2, -0.15) is 0 Å². The molecule has 0 aromatic carbocycles. The molecule has 0 radical (unpaired) electrons. The molecular formula is C20H24N4O2. The zero-order valence-corrected chi connectivity index (χ0v) is 15.0. The van der Waals surface area contributed by atoms with Gasteiger partial charge in [0.25, 0.3) is 11.8 Å². The van der Waals surface area contributed by atoms with Crippen LogP contribution in [-0.4, -0.2) is 39.3 Å². The zero-order chi connectivity index (χ0) is 18.4. The van der Waals surface area contributed by atoms with Crippen LogP contribution in [0.15, 0.2) is 42.6 Å². The number of rotatable bonds is 5. The predicted octanol–water partition coefficient (Wildman–Crippen LogP) is 2.81. The summed E-state index contributed by atoms with van der Waals surface area (Å²) in [6.07, 6.45) is 5.84. The largest absolute Gasteiger partial charge is 0.345 e. The first-order chi connectivity index (χ1) is 12.7. The lowest BCUT2D eigenvalue weighted by molar-refractivity contribution is 0.0602. The second-order valence-corrected chi connectivity index (χ2v) is 6.47. The van der Waals surface area contributed by atoms with E-state index in [1.807, 2.05) is 23.1 Å². The number of nitrogens with one attached hydrogen (secondary N) is 1. The molecule has 26 heavy (non-hydrogen) atoms. The third-order valence-corrected chi connectivity index (χ3v) is 4.72. The lowest BCUT2D eigenvalue weighted by atomic mass is 9.99. The molecule has 1 aliphatic heterocycles. The van der Waals surface area contributed by atoms with Crippen LogP contribution in [0.2, 0.25) is 0 Å². The Bertz CT molecular complexity index is 763. The number of aromatic nitrogens is 2. The molecule has 6 nitrogen and oxygen atoms in total. The number of likely N-dealkylation sites (tertiary alicyclic amines) is 1. The number of piperidine rings is 1. The maximum atomic E-state index is 12.8. The lowest BCUT2D eigenvalue weighted by Gasteiger charge is -2.35. The summed E-state index contributed by atoms with van der Waals surface area (Å²) >= 11 is 0. The minimum Gasteiger partial charge on any atom is -0.345 e. The highest BCUT2D eigenvalue weighted by molar-refractivity contribution is 5.96. The number of carbonyl (C=O) groups is 2. The Hall–Kier alpha value is -2.76. The average Bonchev–Trinajstić information content (AvgIpc) is 2.72. The van der Waals surface area contributed by atoms with E-state index in [0.717, 1.165) is 37.9 Å². The summed E-state index contributed by atoms with van der Waals surface area (Å²) in [5, 5.41) is 2.79. The molecule has 1 aliphatic rings. The second-order valence-electron chi connectivity index (χ2n) is 6.47. The lowest BCUT2D eigenvalue weighted by Crippen LogP contribution is -2.43. The molecule has 0 saturated carbocycles. The molecule has 3 heterocycles. The minimum atomic E-state index is -0.309. The van der Waals surface area contributed by atoms with E-state index in [2.05, 4.69) is 22.2 Å². The summed E-state index contributed by atoms with van der Waals surface area (Å²) in [7, 11) is 0. The minimum absolute atomic E-state index is 0.0871. The highest BCUT2D eigenvalue weighted by Gasteiger charge is 2.27. The number of carbonyl (C=O) groups excluding carboxylic acids is 2. The highest BCUT2D eigenvalue weighted by Crippen LogP contribution is 2.21. The summed E-state index contributed by atoms with van der Waals surface area (Å²) in [6.45, 7) is 3.18. The van der Waals surface area contributed by atoms with E-state index < -0.39 is 0 Å². The number of hydrogen-bond donors (Lipinski definition) is 1. The third kappa shape index (κ3) is 4.25. The molecule has 6 heteroatoms. The summed E-state index contributed by atoms with van der Waals surface area (Å²) in [6, 6.07) is 10.8. The van der Waals surface area contributed by atoms with Gasteiger partial charge in [0.05, 0.1) is 12.2 Å². The Kier molecular flexibility index (Phi) is 5.94. The molecule has 2 aromatic heterocycles. The van der Waals surface area contributed by atoms with Crippen molar-refractivity contribution in [3.05, 3.63) is 59.7 Å². The molecule has 1 N–H and O–H groups in total. The van der Waals surface area contributed by atoms with Crippen LogP contribution in [-0.2, 0) is 6.54 Å². The third-order valence-electron chi connectivity index (χ3n) is 4.72. The maximum Gasteiger partial charge on any atom is 0.272 e. The number of pyridine rings is 2. The Morgan fingerprint density at radius 2 is 2.00 bits per heavy atom. The van der Waals surface area contributed by atoms with E-state index in [1.165, 1.54) is 0 Å². The standard InChI is InChI=1S/C20H24N4O2/c1-2-16-9-4-6-13-24(16)20(26)18-11-7-10-17(23-18)19(25)22-14-15-8-3-5-12-21-15/h3,5,7-8,10-12,16H,2,4,6,9,13-14H2,1H3,(H,22,25). The average molecular weight is 352 g/mol. The monoisotopic (exact) mass is 352 g/mol. The summed E-state index contributed by atoms with van der Waals surface area (Å²) in [4.78, 5) is 35.6. The van der Waals surface area contributed by atoms with Gasteiger partial charge in [-0.05, 0) is 49.9 Å². The van der Waals surface area contributed by atoms with Crippen LogP contribution in [0.25, 0.3) is 0 Å². The molecule has 2 amide bonds. The first-order valence-electron chi connectivity index (χ1n) is 9.15. The summed E-state index contributed by atoms with van der Waals surface area (Å²) in [5.41, 5.74) is 1.35. The Morgan fingerprint density at radius 3 is 2.77 bits per heavy atom. The van der Waals surface area contributed by atoms with Crippen molar-refractivity contribution in [2.24, 2.45) is 0 Å². The fourth-order valence-electron chi connectivity index (χ4n) is 3.28. The SMILES string of the molecule is CCC1CCCCN1C(=O)c1cccc(C(=O)NCc2ccccn2)n1. The van der Waals surface area contributed by atoms with Gasteiger partial charge in [0.2, 0.25) is 0 Å². The molecular weight excluding hydrogens is 328 g/mol. The van der Waals surface area contributed by atoms with E-state index in [9.17, 15) is 9.59 Å². The van der Waals surface area contributed by atoms with E-state index in [-0.39, 0.29) is 23.6 Å². The quantitative estimate of drug-likeness (QED) is 0.898. The van der Waals surface area contributed by atoms with Crippen LogP contribution >= 0.6 is 0 Å². The zero-order valence-electron chi connectivity index (χ0n) is 15.0. The summed E-state index contributed by atoms with van der Waals surface area (Å²) in [5.74, 6) is -0.396. The van der Waals surface area contributed by atoms with Crippen LogP contribution in [0.1, 0.15) is 59.3 Å². The number of nitrogens with zero attached hydrogens (tertiary/aromatic N) is 3. The van der Waals surface area contributed by atoms with Gasteiger partial charge in [0.1, 0.15) is 11.4 Å². The van der Waals surface area contributed by atoms with Gasteiger partial charge in [0, 0.05) is 18.8 Å². The molecule has 3 rings (SSSR count). The Labute approximate surface area is 153 Å². The van der Waals surface area contributed by atoms with Crippen LogP contribution in [0.5, 0.6) is 0 Å². The van der Waals surface area contributed by atoms with Gasteiger partial charge in [-0.3, -0.25) is 14.6 Å². The fourth-order valence-corrected chi connectivity index (χ4v) is 3.28. The molecule has 2 aromatic rings. The van der Waals surface area contributed by atoms with Crippen molar-refractivity contribution in [2.45, 2.75) is 45.2 Å². The molecule has 0 bridgehead atoms. The summed E-state index contributed by atoms with van der Waals surface area (Å²) < 4.78 is 0. The van der Waals surface area contributed by atoms with E-state index in [0.29, 0.717) is 12.2 Å². The molecule has 1 fully saturated rings. The van der Waals surface area contributed by atoms with E-state index in [4.69, 9.17) is 0 Å². The first kappa shape index (κ1) is 18.0. The molecule has 1 saturated heterocycles. The molecule has 136 valence electrons. The van der Waals surface area contributed by atoms with Gasteiger partial charge in [-0.15, -0.1) is 0 Å². The molecule has 1 unspecified atom stereocenters. The van der Waals surface area contributed by atoms with Crippen molar-refractivity contribution >= 4 is 11.8 Å². The van der Waals surface area contributed by atoms with E-state index in [1.54, 1.807) is 24.4 Å². The maximum absolute atomic E-state index is 12.8. The van der Waals surface area contributed by atoms with Crippen LogP contribution in [0, 0.1) is 0 Å². The van der Waals surface area contributed by atoms with Crippen molar-refractivity contribution in [1.82, 2.24) is 20.2 Å². The number of amides is 2. The smallest absolute Gasteiger partial charge is 0.272 e. The normalized spacial score (nSPS) is 17.0. The van der Waals surface area contributed by atoms with Crippen molar-refractivity contribution in [2.75, 3.05) is 6.54 Å². The van der Waals surface area contributed by atoms with Gasteiger partial charge < -0.3 is 10.2 Å². The highest BCUT2D eigenvalue weighted by atomic mass is 16.2. The Balaban J connectivity index is 1.69. The molecule has 1 atom stereocenters.